The minimum absolute atomic E-state index is 0.169. The van der Waals surface area contributed by atoms with E-state index in [1.54, 1.807) is 18.0 Å². The monoisotopic (exact) mass is 377 g/mol. The lowest BCUT2D eigenvalue weighted by Gasteiger charge is -2.28. The maximum absolute atomic E-state index is 13.7. The van der Waals surface area contributed by atoms with Gasteiger partial charge >= 0.3 is 0 Å². The van der Waals surface area contributed by atoms with E-state index in [4.69, 9.17) is 11.6 Å². The summed E-state index contributed by atoms with van der Waals surface area (Å²) in [4.78, 5) is 1.75. The van der Waals surface area contributed by atoms with E-state index in [1.807, 2.05) is 6.92 Å². The Labute approximate surface area is 135 Å². The third-order valence-electron chi connectivity index (χ3n) is 3.36. The van der Waals surface area contributed by atoms with Gasteiger partial charge in [-0.15, -0.1) is 0 Å². The highest BCUT2D eigenvalue weighted by Gasteiger charge is 2.35. The summed E-state index contributed by atoms with van der Waals surface area (Å²) < 4.78 is 28.9. The number of rotatable bonds is 2. The van der Waals surface area contributed by atoms with Crippen molar-refractivity contribution in [2.24, 2.45) is 7.05 Å². The van der Waals surface area contributed by atoms with E-state index in [-0.39, 0.29) is 10.2 Å². The Morgan fingerprint density at radius 1 is 1.38 bits per heavy atom. The van der Waals surface area contributed by atoms with Crippen LogP contribution in [0.5, 0.6) is 0 Å². The van der Waals surface area contributed by atoms with E-state index < -0.39 is 5.92 Å². The molecule has 2 rings (SSSR count). The lowest BCUT2D eigenvalue weighted by molar-refractivity contribution is 0.00805. The van der Waals surface area contributed by atoms with E-state index in [0.717, 1.165) is 12.5 Å². The fourth-order valence-corrected chi connectivity index (χ4v) is 3.54. The third-order valence-corrected chi connectivity index (χ3v) is 4.44. The number of nitrogens with zero attached hydrogens (tertiary/aromatic N) is 3. The Bertz CT molecular complexity index is 683. The van der Waals surface area contributed by atoms with Crippen molar-refractivity contribution in [1.29, 1.82) is 0 Å². The Morgan fingerprint density at radius 2 is 1.95 bits per heavy atom. The molecule has 0 bridgehead atoms. The molecule has 114 valence electrons. The summed E-state index contributed by atoms with van der Waals surface area (Å²) in [5.74, 6) is -3.00. The van der Waals surface area contributed by atoms with Crippen LogP contribution < -0.4 is 0 Å². The van der Waals surface area contributed by atoms with Gasteiger partial charge in [-0.05, 0) is 34.5 Å². The van der Waals surface area contributed by atoms with E-state index >= 15 is 0 Å². The number of allylic oxidation sites excluding steroid dienone is 3. The summed E-state index contributed by atoms with van der Waals surface area (Å²) in [5, 5.41) is 4.76. The summed E-state index contributed by atoms with van der Waals surface area (Å²) in [7, 11) is 3.28. The topological polar surface area (TPSA) is 21.1 Å². The molecule has 21 heavy (non-hydrogen) atoms. The summed E-state index contributed by atoms with van der Waals surface area (Å²) in [6.45, 7) is 6.59. The average molecular weight is 379 g/mol. The molecule has 0 radical (unpaired) electrons. The largest absolute Gasteiger partial charge is 0.342 e. The van der Waals surface area contributed by atoms with Crippen LogP contribution in [-0.2, 0) is 13.0 Å². The van der Waals surface area contributed by atoms with Crippen molar-refractivity contribution in [2.75, 3.05) is 7.05 Å². The van der Waals surface area contributed by atoms with E-state index in [2.05, 4.69) is 27.6 Å². The molecule has 0 unspecified atom stereocenters. The number of halogens is 4. The van der Waals surface area contributed by atoms with Gasteiger partial charge in [0.05, 0.1) is 20.9 Å². The van der Waals surface area contributed by atoms with Crippen molar-refractivity contribution >= 4 is 33.2 Å². The van der Waals surface area contributed by atoms with Gasteiger partial charge in [-0.2, -0.15) is 13.9 Å². The van der Waals surface area contributed by atoms with Crippen LogP contribution in [0.3, 0.4) is 0 Å². The van der Waals surface area contributed by atoms with Crippen LogP contribution in [0.1, 0.15) is 25.2 Å². The standard InChI is InChI=1S/C14H15BrClF2N3/c1-7-6-9(16)8(2)20(4)12(7)11-10(15)13(14(3,17)18)21(5)19-11/h6H,2H2,1,3-5H3. The predicted molar refractivity (Wildman–Crippen MR) is 83.9 cm³/mol. The van der Waals surface area contributed by atoms with Gasteiger partial charge in [0.15, 0.2) is 0 Å². The number of aromatic nitrogens is 2. The molecule has 0 saturated heterocycles. The second kappa shape index (κ2) is 5.25. The highest BCUT2D eigenvalue weighted by Crippen LogP contribution is 2.41. The average Bonchev–Trinajstić information content (AvgIpc) is 2.61. The first-order valence-electron chi connectivity index (χ1n) is 6.18. The highest BCUT2D eigenvalue weighted by atomic mass is 79.9. The van der Waals surface area contributed by atoms with Crippen molar-refractivity contribution < 1.29 is 8.78 Å². The molecule has 7 heteroatoms. The minimum atomic E-state index is -3.00. The van der Waals surface area contributed by atoms with Crippen molar-refractivity contribution in [3.63, 3.8) is 0 Å². The molecule has 3 nitrogen and oxygen atoms in total. The van der Waals surface area contributed by atoms with Gasteiger partial charge in [-0.25, -0.2) is 0 Å². The number of likely N-dealkylation sites (N-methyl/N-ethyl adjacent to an activating group) is 1. The van der Waals surface area contributed by atoms with Crippen LogP contribution in [-0.4, -0.2) is 21.7 Å². The van der Waals surface area contributed by atoms with E-state index in [1.165, 1.54) is 11.7 Å². The quantitative estimate of drug-likeness (QED) is 0.749. The van der Waals surface area contributed by atoms with Crippen LogP contribution >= 0.6 is 27.5 Å². The Morgan fingerprint density at radius 3 is 2.43 bits per heavy atom. The van der Waals surface area contributed by atoms with Crippen LogP contribution in [0, 0.1) is 0 Å². The van der Waals surface area contributed by atoms with Crippen molar-refractivity contribution in [3.05, 3.63) is 44.8 Å². The molecule has 0 saturated carbocycles. The van der Waals surface area contributed by atoms with Crippen LogP contribution in [0.4, 0.5) is 8.78 Å². The Kier molecular flexibility index (Phi) is 4.06. The lowest BCUT2D eigenvalue weighted by Crippen LogP contribution is -2.20. The smallest absolute Gasteiger partial charge is 0.287 e. The predicted octanol–water partition coefficient (Wildman–Crippen LogP) is 4.61. The lowest BCUT2D eigenvalue weighted by atomic mass is 10.1. The zero-order chi connectivity index (χ0) is 16.1. The summed E-state index contributed by atoms with van der Waals surface area (Å²) in [5.41, 5.74) is 2.40. The molecular formula is C14H15BrClF2N3. The summed E-state index contributed by atoms with van der Waals surface area (Å²) in [6.07, 6.45) is 1.75. The molecule has 1 aliphatic rings. The Hall–Kier alpha value is -1.14. The van der Waals surface area contributed by atoms with Crippen LogP contribution in [0.25, 0.3) is 5.70 Å². The van der Waals surface area contributed by atoms with E-state index in [9.17, 15) is 8.78 Å². The Balaban J connectivity index is 2.69. The van der Waals surface area contributed by atoms with E-state index in [0.29, 0.717) is 22.1 Å². The van der Waals surface area contributed by atoms with Crippen LogP contribution in [0.15, 0.2) is 33.4 Å². The fourth-order valence-electron chi connectivity index (χ4n) is 2.37. The molecule has 0 amide bonds. The first kappa shape index (κ1) is 16.2. The van der Waals surface area contributed by atoms with Crippen molar-refractivity contribution in [1.82, 2.24) is 14.7 Å². The van der Waals surface area contributed by atoms with Gasteiger partial charge in [-0.3, -0.25) is 4.68 Å². The third kappa shape index (κ3) is 2.66. The van der Waals surface area contributed by atoms with Gasteiger partial charge in [0.25, 0.3) is 5.92 Å². The van der Waals surface area contributed by atoms with Crippen LogP contribution in [0.2, 0.25) is 0 Å². The zero-order valence-electron chi connectivity index (χ0n) is 12.1. The molecule has 0 aromatic carbocycles. The number of hydrogen-bond acceptors (Lipinski definition) is 2. The molecule has 0 fully saturated rings. The van der Waals surface area contributed by atoms with Gasteiger partial charge < -0.3 is 4.90 Å². The molecule has 1 aliphatic heterocycles. The molecule has 0 N–H and O–H groups in total. The van der Waals surface area contributed by atoms with Gasteiger partial charge in [0.1, 0.15) is 11.4 Å². The SMILES string of the molecule is C=C1C(Cl)=CC(C)=C(c2nn(C)c(C(C)(F)F)c2Br)N1C. The second-order valence-corrected chi connectivity index (χ2v) is 6.25. The second-order valence-electron chi connectivity index (χ2n) is 5.05. The van der Waals surface area contributed by atoms with Gasteiger partial charge in [-0.1, -0.05) is 18.2 Å². The van der Waals surface area contributed by atoms with Crippen molar-refractivity contribution in [2.45, 2.75) is 19.8 Å². The maximum Gasteiger partial charge on any atom is 0.287 e. The molecule has 0 aliphatic carbocycles. The molecule has 0 atom stereocenters. The highest BCUT2D eigenvalue weighted by molar-refractivity contribution is 9.10. The normalized spacial score (nSPS) is 16.7. The van der Waals surface area contributed by atoms with Gasteiger partial charge in [0, 0.05) is 21.0 Å². The maximum atomic E-state index is 13.7. The molecular weight excluding hydrogens is 364 g/mol. The summed E-state index contributed by atoms with van der Waals surface area (Å²) in [6, 6.07) is 0. The first-order valence-corrected chi connectivity index (χ1v) is 7.35. The first-order chi connectivity index (χ1) is 9.55. The molecule has 2 heterocycles. The number of aryl methyl sites for hydroxylation is 1. The molecule has 1 aromatic heterocycles. The minimum Gasteiger partial charge on any atom is -0.342 e. The number of alkyl halides is 2. The van der Waals surface area contributed by atoms with Crippen molar-refractivity contribution in [3.8, 4) is 0 Å². The summed E-state index contributed by atoms with van der Waals surface area (Å²) >= 11 is 9.34. The number of hydrogen-bond donors (Lipinski definition) is 0. The van der Waals surface area contributed by atoms with Gasteiger partial charge in [0.2, 0.25) is 0 Å². The molecule has 1 aromatic rings. The zero-order valence-corrected chi connectivity index (χ0v) is 14.5. The molecule has 0 spiro atoms. The fraction of sp³-hybridized carbons (Fsp3) is 0.357.